The molecule has 1 aliphatic rings. The van der Waals surface area contributed by atoms with Gasteiger partial charge in [-0.05, 0) is 42.8 Å². The molecule has 0 atom stereocenters. The van der Waals surface area contributed by atoms with Crippen LogP contribution in [0.2, 0.25) is 0 Å². The highest BCUT2D eigenvalue weighted by Crippen LogP contribution is 2.34. The maximum Gasteiger partial charge on any atom is 0.268 e. The lowest BCUT2D eigenvalue weighted by Gasteiger charge is -2.27. The molecule has 2 N–H and O–H groups in total. The fraction of sp³-hybridized carbons (Fsp3) is 0.278. The molecule has 0 saturated heterocycles. The second-order valence-corrected chi connectivity index (χ2v) is 8.08. The number of benzene rings is 1. The van der Waals surface area contributed by atoms with Crippen LogP contribution in [-0.4, -0.2) is 44.1 Å². The van der Waals surface area contributed by atoms with Crippen molar-refractivity contribution in [3.8, 4) is 5.75 Å². The predicted molar refractivity (Wildman–Crippen MR) is 100 cm³/mol. The van der Waals surface area contributed by atoms with Gasteiger partial charge in [0.2, 0.25) is 0 Å². The molecule has 3 heterocycles. The number of aromatic nitrogens is 2. The topological polar surface area (TPSA) is 90.5 Å². The summed E-state index contributed by atoms with van der Waals surface area (Å²) in [4.78, 5) is 6.57. The first-order valence-corrected chi connectivity index (χ1v) is 9.85. The van der Waals surface area contributed by atoms with Gasteiger partial charge in [-0.3, -0.25) is 4.98 Å². The van der Waals surface area contributed by atoms with Crippen molar-refractivity contribution in [2.24, 2.45) is 5.73 Å². The van der Waals surface area contributed by atoms with E-state index in [0.29, 0.717) is 36.4 Å². The normalized spacial score (nSPS) is 14.3. The van der Waals surface area contributed by atoms with Crippen LogP contribution in [0.4, 0.5) is 5.69 Å². The molecule has 26 heavy (non-hydrogen) atoms. The molecule has 0 amide bonds. The third-order valence-corrected chi connectivity index (χ3v) is 6.27. The van der Waals surface area contributed by atoms with E-state index in [-0.39, 0.29) is 4.90 Å². The maximum absolute atomic E-state index is 13.3. The van der Waals surface area contributed by atoms with Crippen LogP contribution in [0, 0.1) is 0 Å². The second-order valence-electron chi connectivity index (χ2n) is 6.26. The summed E-state index contributed by atoms with van der Waals surface area (Å²) >= 11 is 0. The third kappa shape index (κ3) is 2.62. The van der Waals surface area contributed by atoms with Gasteiger partial charge in [-0.15, -0.1) is 0 Å². The monoisotopic (exact) mass is 372 g/mol. The first-order chi connectivity index (χ1) is 12.5. The molecule has 7 nitrogen and oxygen atoms in total. The summed E-state index contributed by atoms with van der Waals surface area (Å²) < 4.78 is 33.5. The summed E-state index contributed by atoms with van der Waals surface area (Å²) in [6, 6.07) is 8.47. The zero-order valence-electron chi connectivity index (χ0n) is 14.4. The molecule has 2 aromatic heterocycles. The van der Waals surface area contributed by atoms with E-state index in [4.69, 9.17) is 10.5 Å². The lowest BCUT2D eigenvalue weighted by molar-refractivity contribution is 0.310. The summed E-state index contributed by atoms with van der Waals surface area (Å²) in [5.74, 6) is 0.580. The Balaban J connectivity index is 1.86. The lowest BCUT2D eigenvalue weighted by Crippen LogP contribution is -2.29. The molecule has 1 aliphatic heterocycles. The Morgan fingerprint density at radius 1 is 1.31 bits per heavy atom. The molecule has 3 aromatic rings. The Morgan fingerprint density at radius 2 is 2.15 bits per heavy atom. The molecule has 0 radical (unpaired) electrons. The number of hydrogen-bond acceptors (Lipinski definition) is 6. The van der Waals surface area contributed by atoms with Gasteiger partial charge in [0.15, 0.2) is 0 Å². The fourth-order valence-corrected chi connectivity index (χ4v) is 4.64. The van der Waals surface area contributed by atoms with Gasteiger partial charge in [-0.1, -0.05) is 0 Å². The first kappa shape index (κ1) is 16.9. The van der Waals surface area contributed by atoms with E-state index in [0.717, 1.165) is 17.8 Å². The molecular weight excluding hydrogens is 352 g/mol. The molecule has 0 unspecified atom stereocenters. The number of nitrogens with two attached hydrogens (primary N) is 1. The number of ether oxygens (including phenoxy) is 1. The predicted octanol–water partition coefficient (Wildman–Crippen LogP) is 1.60. The Morgan fingerprint density at radius 3 is 2.96 bits per heavy atom. The van der Waals surface area contributed by atoms with Gasteiger partial charge in [-0.2, -0.15) is 0 Å². The summed E-state index contributed by atoms with van der Waals surface area (Å²) in [6.07, 6.45) is 3.84. The molecule has 0 spiro atoms. The highest BCUT2D eigenvalue weighted by molar-refractivity contribution is 7.90. The van der Waals surface area contributed by atoms with Gasteiger partial charge in [-0.25, -0.2) is 12.4 Å². The highest BCUT2D eigenvalue weighted by atomic mass is 32.2. The number of pyridine rings is 1. The van der Waals surface area contributed by atoms with Crippen molar-refractivity contribution in [1.82, 2.24) is 8.96 Å². The summed E-state index contributed by atoms with van der Waals surface area (Å²) in [5.41, 5.74) is 8.58. The summed E-state index contributed by atoms with van der Waals surface area (Å²) in [7, 11) is -1.82. The Hall–Kier alpha value is -2.58. The first-order valence-electron chi connectivity index (χ1n) is 8.41. The minimum absolute atomic E-state index is 0.187. The average molecular weight is 372 g/mol. The fourth-order valence-electron chi connectivity index (χ4n) is 3.24. The lowest BCUT2D eigenvalue weighted by atomic mass is 10.2. The molecule has 0 bridgehead atoms. The van der Waals surface area contributed by atoms with Crippen molar-refractivity contribution in [2.45, 2.75) is 11.3 Å². The molecule has 0 saturated carbocycles. The van der Waals surface area contributed by atoms with Crippen molar-refractivity contribution in [3.63, 3.8) is 0 Å². The van der Waals surface area contributed by atoms with Crippen LogP contribution in [0.3, 0.4) is 0 Å². The van der Waals surface area contributed by atoms with Gasteiger partial charge >= 0.3 is 0 Å². The van der Waals surface area contributed by atoms with Gasteiger partial charge in [0.25, 0.3) is 10.0 Å². The number of nitrogens with zero attached hydrogens (tertiary/aromatic N) is 3. The molecule has 0 aliphatic carbocycles. The summed E-state index contributed by atoms with van der Waals surface area (Å²) in [5, 5.41) is 0. The summed E-state index contributed by atoms with van der Waals surface area (Å²) in [6.45, 7) is 1.73. The smallest absolute Gasteiger partial charge is 0.268 e. The van der Waals surface area contributed by atoms with Crippen molar-refractivity contribution in [2.75, 3.05) is 31.6 Å². The largest absolute Gasteiger partial charge is 0.490 e. The van der Waals surface area contributed by atoms with Gasteiger partial charge < -0.3 is 15.4 Å². The number of fused-ring (bicyclic) bond motifs is 2. The minimum atomic E-state index is -3.78. The van der Waals surface area contributed by atoms with Crippen LogP contribution in [0.25, 0.3) is 11.0 Å². The van der Waals surface area contributed by atoms with E-state index in [1.807, 2.05) is 11.9 Å². The third-order valence-electron chi connectivity index (χ3n) is 4.60. The zero-order chi connectivity index (χ0) is 18.3. The number of likely N-dealkylation sites (N-methyl/N-ethyl adjacent to an activating group) is 1. The quantitative estimate of drug-likeness (QED) is 0.748. The standard InChI is InChI=1S/C18H20N4O3S/c1-21-9-10-25-17-11-14(4-5-15(17)21)26(23,24)22-12-13(6-7-19)18-16(22)3-2-8-20-18/h2-5,8,11-12H,6-7,9-10,19H2,1H3. The van der Waals surface area contributed by atoms with Crippen molar-refractivity contribution >= 4 is 26.7 Å². The van der Waals surface area contributed by atoms with E-state index in [9.17, 15) is 8.42 Å². The van der Waals surface area contributed by atoms with Crippen molar-refractivity contribution < 1.29 is 13.2 Å². The number of anilines is 1. The van der Waals surface area contributed by atoms with E-state index in [1.165, 1.54) is 3.97 Å². The van der Waals surface area contributed by atoms with E-state index in [1.54, 1.807) is 42.7 Å². The number of hydrogen-bond donors (Lipinski definition) is 1. The zero-order valence-corrected chi connectivity index (χ0v) is 15.2. The van der Waals surface area contributed by atoms with Gasteiger partial charge in [0.05, 0.1) is 28.2 Å². The average Bonchev–Trinajstić information content (AvgIpc) is 3.02. The van der Waals surface area contributed by atoms with Crippen LogP contribution in [-0.2, 0) is 16.4 Å². The van der Waals surface area contributed by atoms with E-state index < -0.39 is 10.0 Å². The van der Waals surface area contributed by atoms with Crippen LogP contribution in [0.1, 0.15) is 5.56 Å². The second kappa shape index (κ2) is 6.30. The molecule has 1 aromatic carbocycles. The Kier molecular flexibility index (Phi) is 4.08. The number of rotatable bonds is 4. The Bertz CT molecular complexity index is 1080. The van der Waals surface area contributed by atoms with Crippen LogP contribution < -0.4 is 15.4 Å². The SMILES string of the molecule is CN1CCOc2cc(S(=O)(=O)n3cc(CCN)c4ncccc43)ccc21. The minimum Gasteiger partial charge on any atom is -0.490 e. The molecule has 136 valence electrons. The molecule has 4 rings (SSSR count). The van der Waals surface area contributed by atoms with E-state index in [2.05, 4.69) is 4.98 Å². The molecular formula is C18H20N4O3S. The Labute approximate surface area is 152 Å². The highest BCUT2D eigenvalue weighted by Gasteiger charge is 2.24. The van der Waals surface area contributed by atoms with Crippen molar-refractivity contribution in [3.05, 3.63) is 48.3 Å². The maximum atomic E-state index is 13.3. The van der Waals surface area contributed by atoms with Crippen LogP contribution in [0.5, 0.6) is 5.75 Å². The van der Waals surface area contributed by atoms with Crippen LogP contribution >= 0.6 is 0 Å². The van der Waals surface area contributed by atoms with E-state index >= 15 is 0 Å². The van der Waals surface area contributed by atoms with Gasteiger partial charge in [0, 0.05) is 25.5 Å². The van der Waals surface area contributed by atoms with Crippen LogP contribution in [0.15, 0.2) is 47.6 Å². The van der Waals surface area contributed by atoms with Crippen molar-refractivity contribution in [1.29, 1.82) is 0 Å². The molecule has 8 heteroatoms. The molecule has 0 fully saturated rings. The van der Waals surface area contributed by atoms with Gasteiger partial charge in [0.1, 0.15) is 12.4 Å².